The maximum Gasteiger partial charge on any atom is 0.336 e. The normalized spacial score (nSPS) is 10.9. The van der Waals surface area contributed by atoms with Gasteiger partial charge in [0.05, 0.1) is 11.2 Å². The van der Waals surface area contributed by atoms with Crippen molar-refractivity contribution in [3.05, 3.63) is 69.8 Å². The summed E-state index contributed by atoms with van der Waals surface area (Å²) in [5.74, 6) is 0.239. The topological polar surface area (TPSA) is 97.2 Å². The zero-order chi connectivity index (χ0) is 20.2. The Morgan fingerprint density at radius 2 is 2.21 bits per heavy atom. The Balaban J connectivity index is 1.30. The number of nitrogens with zero attached hydrogens (tertiary/aromatic N) is 1. The molecular weight excluding hydrogens is 390 g/mol. The summed E-state index contributed by atoms with van der Waals surface area (Å²) in [4.78, 5) is 32.2. The van der Waals surface area contributed by atoms with Crippen LogP contribution in [-0.2, 0) is 11.2 Å². The smallest absolute Gasteiger partial charge is 0.336 e. The van der Waals surface area contributed by atoms with Crippen molar-refractivity contribution in [2.45, 2.75) is 13.3 Å². The Morgan fingerprint density at radius 3 is 3.03 bits per heavy atom. The molecule has 0 aliphatic heterocycles. The van der Waals surface area contributed by atoms with E-state index in [1.807, 2.05) is 30.5 Å². The molecule has 0 spiro atoms. The minimum Gasteiger partial charge on any atom is -0.484 e. The first-order valence-corrected chi connectivity index (χ1v) is 9.98. The molecule has 0 fully saturated rings. The highest BCUT2D eigenvalue weighted by molar-refractivity contribution is 7.13. The van der Waals surface area contributed by atoms with E-state index in [-0.39, 0.29) is 12.5 Å². The molecule has 0 aliphatic rings. The monoisotopic (exact) mass is 409 g/mol. The lowest BCUT2D eigenvalue weighted by Crippen LogP contribution is -2.30. The molecule has 0 atom stereocenters. The van der Waals surface area contributed by atoms with Crippen LogP contribution in [0.25, 0.3) is 21.5 Å². The van der Waals surface area contributed by atoms with Gasteiger partial charge in [0, 0.05) is 36.2 Å². The molecule has 4 aromatic rings. The second kappa shape index (κ2) is 8.32. The van der Waals surface area contributed by atoms with E-state index in [0.29, 0.717) is 24.3 Å². The highest BCUT2D eigenvalue weighted by atomic mass is 32.1. The quantitative estimate of drug-likeness (QED) is 0.457. The molecule has 7 nitrogen and oxygen atoms in total. The number of hydrogen-bond donors (Lipinski definition) is 2. The molecule has 0 saturated carbocycles. The number of fused-ring (bicyclic) bond motifs is 1. The molecular formula is C21H19N3O4S. The minimum atomic E-state index is -0.411. The molecule has 1 amide bonds. The summed E-state index contributed by atoms with van der Waals surface area (Å²) in [6.07, 6.45) is 2.30. The van der Waals surface area contributed by atoms with Crippen molar-refractivity contribution < 1.29 is 13.9 Å². The van der Waals surface area contributed by atoms with Crippen LogP contribution in [-0.4, -0.2) is 29.0 Å². The lowest BCUT2D eigenvalue weighted by molar-refractivity contribution is -0.123. The van der Waals surface area contributed by atoms with Gasteiger partial charge in [0.25, 0.3) is 5.91 Å². The predicted molar refractivity (Wildman–Crippen MR) is 111 cm³/mol. The number of amides is 1. The fraction of sp³-hybridized carbons (Fsp3) is 0.190. The molecule has 0 unspecified atom stereocenters. The van der Waals surface area contributed by atoms with E-state index >= 15 is 0 Å². The number of carbonyl (C=O) groups is 1. The van der Waals surface area contributed by atoms with Crippen molar-refractivity contribution in [3.8, 4) is 16.3 Å². The standard InChI is InChI=1S/C21H19N3O4S/c1-13-9-20(26)28-17-10-14(4-5-15(13)17)27-11-19(25)22-7-6-16-21(24-12-23-16)18-3-2-8-29-18/h2-5,8-10,12H,6-7,11H2,1H3,(H,22,25)(H,23,24). The largest absolute Gasteiger partial charge is 0.484 e. The summed E-state index contributed by atoms with van der Waals surface area (Å²) in [5.41, 5.74) is 2.76. The van der Waals surface area contributed by atoms with Gasteiger partial charge in [-0.3, -0.25) is 4.79 Å². The molecule has 1 aromatic carbocycles. The van der Waals surface area contributed by atoms with E-state index in [1.54, 1.807) is 29.8 Å². The van der Waals surface area contributed by atoms with Gasteiger partial charge in [-0.25, -0.2) is 9.78 Å². The third-order valence-corrected chi connectivity index (χ3v) is 5.34. The van der Waals surface area contributed by atoms with E-state index < -0.39 is 5.63 Å². The van der Waals surface area contributed by atoms with Crippen LogP contribution in [0.1, 0.15) is 11.3 Å². The van der Waals surface area contributed by atoms with Crippen LogP contribution in [0, 0.1) is 6.92 Å². The molecule has 0 radical (unpaired) electrons. The predicted octanol–water partition coefficient (Wildman–Crippen LogP) is 3.29. The van der Waals surface area contributed by atoms with E-state index in [9.17, 15) is 9.59 Å². The summed E-state index contributed by atoms with van der Waals surface area (Å²) >= 11 is 1.63. The summed E-state index contributed by atoms with van der Waals surface area (Å²) in [5, 5.41) is 5.68. The molecule has 148 valence electrons. The third-order valence-electron chi connectivity index (χ3n) is 4.46. The molecule has 4 rings (SSSR count). The Morgan fingerprint density at radius 1 is 1.31 bits per heavy atom. The number of aryl methyl sites for hydroxylation is 1. The fourth-order valence-electron chi connectivity index (χ4n) is 3.06. The van der Waals surface area contributed by atoms with Crippen molar-refractivity contribution in [2.75, 3.05) is 13.2 Å². The lowest BCUT2D eigenvalue weighted by atomic mass is 10.1. The summed E-state index contributed by atoms with van der Waals surface area (Å²) in [6.45, 7) is 2.19. The van der Waals surface area contributed by atoms with Gasteiger partial charge >= 0.3 is 5.63 Å². The van der Waals surface area contributed by atoms with Crippen LogP contribution in [0.3, 0.4) is 0 Å². The maximum atomic E-state index is 12.1. The number of thiophene rings is 1. The van der Waals surface area contributed by atoms with Gasteiger partial charge in [-0.1, -0.05) is 6.07 Å². The van der Waals surface area contributed by atoms with Gasteiger partial charge in [-0.05, 0) is 36.1 Å². The van der Waals surface area contributed by atoms with Crippen molar-refractivity contribution in [1.82, 2.24) is 15.3 Å². The first-order chi connectivity index (χ1) is 14.1. The number of aromatic amines is 1. The number of benzene rings is 1. The molecule has 0 aliphatic carbocycles. The van der Waals surface area contributed by atoms with Crippen LogP contribution in [0.15, 0.2) is 57.3 Å². The number of hydrogen-bond acceptors (Lipinski definition) is 6. The highest BCUT2D eigenvalue weighted by Gasteiger charge is 2.10. The zero-order valence-corrected chi connectivity index (χ0v) is 16.5. The van der Waals surface area contributed by atoms with Crippen LogP contribution in [0.4, 0.5) is 0 Å². The highest BCUT2D eigenvalue weighted by Crippen LogP contribution is 2.25. The van der Waals surface area contributed by atoms with Gasteiger partial charge in [-0.15, -0.1) is 11.3 Å². The van der Waals surface area contributed by atoms with Crippen molar-refractivity contribution >= 4 is 28.2 Å². The van der Waals surface area contributed by atoms with Gasteiger partial charge in [-0.2, -0.15) is 0 Å². The zero-order valence-electron chi connectivity index (χ0n) is 15.7. The maximum absolute atomic E-state index is 12.1. The number of carbonyl (C=O) groups excluding carboxylic acids is 1. The SMILES string of the molecule is Cc1cc(=O)oc2cc(OCC(=O)NCCc3[nH]cnc3-c3cccs3)ccc12. The number of H-pyrrole nitrogens is 1. The van der Waals surface area contributed by atoms with E-state index in [1.165, 1.54) is 6.07 Å². The Labute approximate surface area is 170 Å². The third kappa shape index (κ3) is 4.38. The Bertz CT molecular complexity index is 1190. The molecule has 3 aromatic heterocycles. The second-order valence-electron chi connectivity index (χ2n) is 6.50. The van der Waals surface area contributed by atoms with Gasteiger partial charge in [0.1, 0.15) is 17.0 Å². The molecule has 0 saturated heterocycles. The number of nitrogens with one attached hydrogen (secondary N) is 2. The Kier molecular flexibility index (Phi) is 5.44. The van der Waals surface area contributed by atoms with Crippen LogP contribution in [0.5, 0.6) is 5.75 Å². The molecule has 2 N–H and O–H groups in total. The fourth-order valence-corrected chi connectivity index (χ4v) is 3.81. The van der Waals surface area contributed by atoms with Crippen molar-refractivity contribution in [2.24, 2.45) is 0 Å². The Hall–Kier alpha value is -3.39. The minimum absolute atomic E-state index is 0.123. The van der Waals surface area contributed by atoms with Crippen LogP contribution < -0.4 is 15.7 Å². The lowest BCUT2D eigenvalue weighted by Gasteiger charge is -2.08. The summed E-state index contributed by atoms with van der Waals surface area (Å²) in [6, 6.07) is 10.6. The van der Waals surface area contributed by atoms with Gasteiger partial charge < -0.3 is 19.5 Å². The van der Waals surface area contributed by atoms with Gasteiger partial charge in [0.2, 0.25) is 0 Å². The number of aromatic nitrogens is 2. The average Bonchev–Trinajstić information content (AvgIpc) is 3.37. The van der Waals surface area contributed by atoms with E-state index in [2.05, 4.69) is 15.3 Å². The van der Waals surface area contributed by atoms with E-state index in [0.717, 1.165) is 27.2 Å². The number of rotatable bonds is 7. The second-order valence-corrected chi connectivity index (χ2v) is 7.45. The molecule has 8 heteroatoms. The van der Waals surface area contributed by atoms with E-state index in [4.69, 9.17) is 9.15 Å². The summed E-state index contributed by atoms with van der Waals surface area (Å²) < 4.78 is 10.7. The number of imidazole rings is 1. The number of ether oxygens (including phenoxy) is 1. The average molecular weight is 409 g/mol. The molecule has 29 heavy (non-hydrogen) atoms. The molecule has 0 bridgehead atoms. The first-order valence-electron chi connectivity index (χ1n) is 9.10. The van der Waals surface area contributed by atoms with Gasteiger partial charge in [0.15, 0.2) is 6.61 Å². The van der Waals surface area contributed by atoms with Crippen LogP contribution >= 0.6 is 11.3 Å². The van der Waals surface area contributed by atoms with Crippen molar-refractivity contribution in [3.63, 3.8) is 0 Å². The summed E-state index contributed by atoms with van der Waals surface area (Å²) in [7, 11) is 0. The molecule has 3 heterocycles. The first kappa shape index (κ1) is 18.9. The van der Waals surface area contributed by atoms with Crippen LogP contribution in [0.2, 0.25) is 0 Å². The van der Waals surface area contributed by atoms with Crippen molar-refractivity contribution in [1.29, 1.82) is 0 Å².